The molecule has 0 fully saturated rings. The molecule has 2 rings (SSSR count). The van der Waals surface area contributed by atoms with Crippen LogP contribution in [0.15, 0.2) is 42.5 Å². The normalized spacial score (nSPS) is 10.2. The predicted molar refractivity (Wildman–Crippen MR) is 79.5 cm³/mol. The second kappa shape index (κ2) is 5.96. The molecule has 0 heterocycles. The van der Waals surface area contributed by atoms with Crippen LogP contribution in [0.5, 0.6) is 0 Å². The first kappa shape index (κ1) is 13.7. The van der Waals surface area contributed by atoms with E-state index in [0.29, 0.717) is 12.1 Å². The molecule has 0 aromatic heterocycles. The van der Waals surface area contributed by atoms with Gasteiger partial charge in [0.15, 0.2) is 0 Å². The van der Waals surface area contributed by atoms with Crippen molar-refractivity contribution in [3.05, 3.63) is 67.5 Å². The first-order valence-electron chi connectivity index (χ1n) is 5.49. The highest BCUT2D eigenvalue weighted by Gasteiger charge is 2.13. The van der Waals surface area contributed by atoms with Gasteiger partial charge in [0.1, 0.15) is 0 Å². The molecule has 0 bridgehead atoms. The third kappa shape index (κ3) is 3.40. The molecule has 0 saturated carbocycles. The van der Waals surface area contributed by atoms with Gasteiger partial charge in [-0.15, -0.1) is 0 Å². The van der Waals surface area contributed by atoms with E-state index in [1.54, 1.807) is 6.07 Å². The molecule has 1 N–H and O–H groups in total. The Kier molecular flexibility index (Phi) is 4.31. The van der Waals surface area contributed by atoms with Gasteiger partial charge in [0.2, 0.25) is 5.82 Å². The van der Waals surface area contributed by atoms with Crippen molar-refractivity contribution in [2.45, 2.75) is 6.54 Å². The summed E-state index contributed by atoms with van der Waals surface area (Å²) in [5.41, 5.74) is 1.10. The highest BCUT2D eigenvalue weighted by Crippen LogP contribution is 2.20. The predicted octanol–water partition coefficient (Wildman–Crippen LogP) is 3.95. The SMILES string of the molecule is O=[N+]([O-])c1ccc(CNc2ccccc2I)cc1F. The van der Waals surface area contributed by atoms with Gasteiger partial charge in [0, 0.05) is 21.9 Å². The molecule has 19 heavy (non-hydrogen) atoms. The average Bonchev–Trinajstić information content (AvgIpc) is 2.37. The first-order chi connectivity index (χ1) is 9.08. The van der Waals surface area contributed by atoms with E-state index in [1.807, 2.05) is 24.3 Å². The van der Waals surface area contributed by atoms with Crippen molar-refractivity contribution in [2.75, 3.05) is 5.32 Å². The summed E-state index contributed by atoms with van der Waals surface area (Å²) < 4.78 is 14.5. The van der Waals surface area contributed by atoms with Gasteiger partial charge in [-0.3, -0.25) is 10.1 Å². The van der Waals surface area contributed by atoms with E-state index < -0.39 is 16.4 Å². The maximum Gasteiger partial charge on any atom is 0.304 e. The number of nitro benzene ring substituents is 1. The smallest absolute Gasteiger partial charge is 0.304 e. The van der Waals surface area contributed by atoms with Crippen molar-refractivity contribution < 1.29 is 9.31 Å². The highest BCUT2D eigenvalue weighted by atomic mass is 127. The third-order valence-corrected chi connectivity index (χ3v) is 3.51. The zero-order valence-electron chi connectivity index (χ0n) is 9.77. The zero-order chi connectivity index (χ0) is 13.8. The Morgan fingerprint density at radius 3 is 2.63 bits per heavy atom. The fraction of sp³-hybridized carbons (Fsp3) is 0.0769. The van der Waals surface area contributed by atoms with Crippen molar-refractivity contribution in [2.24, 2.45) is 0 Å². The maximum absolute atomic E-state index is 13.4. The van der Waals surface area contributed by atoms with Gasteiger partial charge in [-0.2, -0.15) is 4.39 Å². The van der Waals surface area contributed by atoms with Crippen LogP contribution < -0.4 is 5.32 Å². The molecule has 0 radical (unpaired) electrons. The molecule has 0 spiro atoms. The number of nitrogens with one attached hydrogen (secondary N) is 1. The lowest BCUT2D eigenvalue weighted by molar-refractivity contribution is -0.387. The number of benzene rings is 2. The maximum atomic E-state index is 13.4. The van der Waals surface area contributed by atoms with Crippen LogP contribution in [0.2, 0.25) is 0 Å². The van der Waals surface area contributed by atoms with E-state index >= 15 is 0 Å². The molecular weight excluding hydrogens is 362 g/mol. The molecular formula is C13H10FIN2O2. The second-order valence-corrected chi connectivity index (χ2v) is 5.04. The van der Waals surface area contributed by atoms with Gasteiger partial charge in [0.05, 0.1) is 4.92 Å². The molecule has 4 nitrogen and oxygen atoms in total. The monoisotopic (exact) mass is 372 g/mol. The van der Waals surface area contributed by atoms with E-state index in [4.69, 9.17) is 0 Å². The van der Waals surface area contributed by atoms with Crippen molar-refractivity contribution in [1.29, 1.82) is 0 Å². The fourth-order valence-corrected chi connectivity index (χ4v) is 2.19. The molecule has 2 aromatic carbocycles. The van der Waals surface area contributed by atoms with E-state index in [1.165, 1.54) is 12.1 Å². The number of hydrogen-bond donors (Lipinski definition) is 1. The van der Waals surface area contributed by atoms with Crippen LogP contribution in [-0.4, -0.2) is 4.92 Å². The highest BCUT2D eigenvalue weighted by molar-refractivity contribution is 14.1. The largest absolute Gasteiger partial charge is 0.380 e. The average molecular weight is 372 g/mol. The van der Waals surface area contributed by atoms with Gasteiger partial charge >= 0.3 is 5.69 Å². The summed E-state index contributed by atoms with van der Waals surface area (Å²) in [5.74, 6) is -0.813. The van der Waals surface area contributed by atoms with Crippen molar-refractivity contribution >= 4 is 34.0 Å². The molecule has 0 aliphatic carbocycles. The topological polar surface area (TPSA) is 55.2 Å². The minimum Gasteiger partial charge on any atom is -0.380 e. The van der Waals surface area contributed by atoms with Crippen molar-refractivity contribution in [3.8, 4) is 0 Å². The summed E-state index contributed by atoms with van der Waals surface area (Å²) in [7, 11) is 0. The first-order valence-corrected chi connectivity index (χ1v) is 6.57. The Hall–Kier alpha value is -1.70. The summed E-state index contributed by atoms with van der Waals surface area (Å²) in [5, 5.41) is 13.7. The second-order valence-electron chi connectivity index (χ2n) is 3.88. The summed E-state index contributed by atoms with van der Waals surface area (Å²) in [6.07, 6.45) is 0. The fourth-order valence-electron chi connectivity index (χ4n) is 1.61. The molecule has 98 valence electrons. The summed E-state index contributed by atoms with van der Waals surface area (Å²) in [4.78, 5) is 9.78. The van der Waals surface area contributed by atoms with Crippen LogP contribution in [-0.2, 0) is 6.54 Å². The van der Waals surface area contributed by atoms with Gasteiger partial charge in [0.25, 0.3) is 0 Å². The van der Waals surface area contributed by atoms with Crippen molar-refractivity contribution in [3.63, 3.8) is 0 Å². The van der Waals surface area contributed by atoms with Gasteiger partial charge in [-0.25, -0.2) is 0 Å². The van der Waals surface area contributed by atoms with Crippen molar-refractivity contribution in [1.82, 2.24) is 0 Å². The summed E-state index contributed by atoms with van der Waals surface area (Å²) in [6.45, 7) is 0.412. The molecule has 2 aromatic rings. The molecule has 0 amide bonds. The van der Waals surface area contributed by atoms with Crippen LogP contribution in [0, 0.1) is 19.5 Å². The Labute approximate surface area is 122 Å². The lowest BCUT2D eigenvalue weighted by Gasteiger charge is -2.08. The van der Waals surface area contributed by atoms with Crippen LogP contribution in [0.3, 0.4) is 0 Å². The third-order valence-electron chi connectivity index (χ3n) is 2.57. The molecule has 0 atom stereocenters. The summed E-state index contributed by atoms with van der Waals surface area (Å²) in [6, 6.07) is 11.6. The minimum atomic E-state index is -0.813. The van der Waals surface area contributed by atoms with Crippen LogP contribution >= 0.6 is 22.6 Å². The van der Waals surface area contributed by atoms with E-state index in [2.05, 4.69) is 27.9 Å². The number of halogens is 2. The standard InChI is InChI=1S/C13H10FIN2O2/c14-10-7-9(5-6-13(10)17(18)19)8-16-12-4-2-1-3-11(12)15/h1-7,16H,8H2. The van der Waals surface area contributed by atoms with Crippen LogP contribution in [0.25, 0.3) is 0 Å². The van der Waals surface area contributed by atoms with Crippen LogP contribution in [0.1, 0.15) is 5.56 Å². The van der Waals surface area contributed by atoms with Gasteiger partial charge in [-0.1, -0.05) is 18.2 Å². The Balaban J connectivity index is 2.11. The Bertz CT molecular complexity index is 619. The molecule has 0 aliphatic rings. The lowest BCUT2D eigenvalue weighted by atomic mass is 10.2. The number of rotatable bonds is 4. The Morgan fingerprint density at radius 1 is 1.26 bits per heavy atom. The number of hydrogen-bond acceptors (Lipinski definition) is 3. The lowest BCUT2D eigenvalue weighted by Crippen LogP contribution is -2.02. The van der Waals surface area contributed by atoms with Gasteiger partial charge < -0.3 is 5.32 Å². The van der Waals surface area contributed by atoms with E-state index in [0.717, 1.165) is 9.26 Å². The van der Waals surface area contributed by atoms with E-state index in [-0.39, 0.29) is 0 Å². The molecule has 0 unspecified atom stereocenters. The number of nitrogens with zero attached hydrogens (tertiary/aromatic N) is 1. The number of anilines is 1. The number of nitro groups is 1. The molecule has 6 heteroatoms. The quantitative estimate of drug-likeness (QED) is 0.502. The summed E-state index contributed by atoms with van der Waals surface area (Å²) >= 11 is 2.20. The van der Waals surface area contributed by atoms with Gasteiger partial charge in [-0.05, 0) is 46.4 Å². The van der Waals surface area contributed by atoms with Crippen LogP contribution in [0.4, 0.5) is 15.8 Å². The Morgan fingerprint density at radius 2 is 2.00 bits per heavy atom. The zero-order valence-corrected chi connectivity index (χ0v) is 11.9. The minimum absolute atomic E-state index is 0.412. The number of para-hydroxylation sites is 1. The van der Waals surface area contributed by atoms with E-state index in [9.17, 15) is 14.5 Å². The molecule has 0 saturated heterocycles. The molecule has 0 aliphatic heterocycles.